The van der Waals surface area contributed by atoms with Gasteiger partial charge in [-0.05, 0) is 38.0 Å². The molecule has 2 aliphatic rings. The molecule has 9 heteroatoms. The van der Waals surface area contributed by atoms with Gasteiger partial charge in [0.25, 0.3) is 0 Å². The largest absolute Gasteiger partial charge is 0.486 e. The number of rotatable bonds is 6. The Morgan fingerprint density at radius 3 is 2.63 bits per heavy atom. The maximum Gasteiger partial charge on any atom is 0.233 e. The highest BCUT2D eigenvalue weighted by atomic mass is 32.2. The lowest BCUT2D eigenvalue weighted by molar-refractivity contribution is -0.132. The molecule has 2 aliphatic heterocycles. The number of thioether (sulfide) groups is 1. The van der Waals surface area contributed by atoms with Crippen molar-refractivity contribution in [3.8, 4) is 22.8 Å². The first-order valence-corrected chi connectivity index (χ1v) is 11.2. The van der Waals surface area contributed by atoms with Gasteiger partial charge in [-0.2, -0.15) is 0 Å². The summed E-state index contributed by atoms with van der Waals surface area (Å²) in [5, 5.41) is 0.808. The second-order valence-electron chi connectivity index (χ2n) is 7.37. The van der Waals surface area contributed by atoms with Crippen molar-refractivity contribution in [1.29, 1.82) is 0 Å². The molecule has 1 aromatic heterocycles. The van der Waals surface area contributed by atoms with Crippen LogP contribution in [-0.4, -0.2) is 58.3 Å². The highest BCUT2D eigenvalue weighted by molar-refractivity contribution is 7.99. The second kappa shape index (κ2) is 8.99. The lowest BCUT2D eigenvalue weighted by atomic mass is 9.96. The number of likely N-dealkylation sites (tertiary alicyclic amines) is 1. The van der Waals surface area contributed by atoms with E-state index >= 15 is 0 Å². The predicted octanol–water partition coefficient (Wildman–Crippen LogP) is 2.16. The third-order valence-corrected chi connectivity index (χ3v) is 6.52. The van der Waals surface area contributed by atoms with Gasteiger partial charge in [0.2, 0.25) is 11.8 Å². The van der Waals surface area contributed by atoms with Crippen molar-refractivity contribution in [2.45, 2.75) is 31.5 Å². The molecule has 0 spiro atoms. The van der Waals surface area contributed by atoms with Crippen LogP contribution in [0.15, 0.2) is 29.6 Å². The van der Waals surface area contributed by atoms with Crippen LogP contribution < -0.4 is 15.2 Å². The highest BCUT2D eigenvalue weighted by Gasteiger charge is 2.26. The average molecular weight is 431 g/mol. The molecular formula is C21H26N4O4S. The van der Waals surface area contributed by atoms with Crippen LogP contribution in [0.25, 0.3) is 11.3 Å². The van der Waals surface area contributed by atoms with E-state index < -0.39 is 0 Å². The molecule has 2 amide bonds. The summed E-state index contributed by atoms with van der Waals surface area (Å²) in [6, 6.07) is 5.89. The molecule has 0 bridgehead atoms. The molecule has 4 rings (SSSR count). The number of nitrogens with two attached hydrogens (primary N) is 1. The Hall–Kier alpha value is -2.68. The molecule has 30 heavy (non-hydrogen) atoms. The zero-order valence-electron chi connectivity index (χ0n) is 17.0. The summed E-state index contributed by atoms with van der Waals surface area (Å²) in [6.45, 7) is 5.07. The molecule has 2 aromatic rings. The summed E-state index contributed by atoms with van der Waals surface area (Å²) in [4.78, 5) is 30.3. The summed E-state index contributed by atoms with van der Waals surface area (Å²) < 4.78 is 13.4. The number of nitrogens with zero attached hydrogens (tertiary/aromatic N) is 3. The van der Waals surface area contributed by atoms with Crippen molar-refractivity contribution in [2.24, 2.45) is 11.7 Å². The standard InChI is InChI=1S/C21H26N4O4S/c1-2-25-16(15-3-4-17-18(11-15)29-10-9-28-17)12-23-21(25)30-13-19(26)24-7-5-14(6-8-24)20(22)27/h3-4,11-12,14H,2,5-10,13H2,1H3,(H2,22,27). The van der Waals surface area contributed by atoms with Gasteiger partial charge >= 0.3 is 0 Å². The molecule has 0 radical (unpaired) electrons. The molecule has 8 nitrogen and oxygen atoms in total. The van der Waals surface area contributed by atoms with Gasteiger partial charge in [-0.1, -0.05) is 11.8 Å². The van der Waals surface area contributed by atoms with E-state index in [1.165, 1.54) is 11.8 Å². The number of hydrogen-bond acceptors (Lipinski definition) is 6. The molecule has 0 aliphatic carbocycles. The molecule has 2 N–H and O–H groups in total. The fourth-order valence-electron chi connectivity index (χ4n) is 3.84. The number of imidazole rings is 1. The number of aromatic nitrogens is 2. The van der Waals surface area contributed by atoms with Gasteiger partial charge in [0.05, 0.1) is 17.6 Å². The van der Waals surface area contributed by atoms with Gasteiger partial charge in [-0.3, -0.25) is 9.59 Å². The summed E-state index contributed by atoms with van der Waals surface area (Å²) in [5.41, 5.74) is 7.35. The predicted molar refractivity (Wildman–Crippen MR) is 114 cm³/mol. The average Bonchev–Trinajstić information content (AvgIpc) is 3.20. The first-order valence-electron chi connectivity index (χ1n) is 10.2. The van der Waals surface area contributed by atoms with Crippen LogP contribution in [0.2, 0.25) is 0 Å². The zero-order valence-corrected chi connectivity index (χ0v) is 17.8. The molecule has 1 saturated heterocycles. The van der Waals surface area contributed by atoms with Gasteiger partial charge in [0, 0.05) is 31.1 Å². The van der Waals surface area contributed by atoms with Crippen LogP contribution in [0.3, 0.4) is 0 Å². The van der Waals surface area contributed by atoms with E-state index in [0.717, 1.165) is 34.5 Å². The zero-order chi connectivity index (χ0) is 21.1. The molecular weight excluding hydrogens is 404 g/mol. The van der Waals surface area contributed by atoms with Crippen molar-refractivity contribution in [1.82, 2.24) is 14.5 Å². The number of ether oxygens (including phenoxy) is 2. The number of piperidine rings is 1. The summed E-state index contributed by atoms with van der Waals surface area (Å²) in [7, 11) is 0. The van der Waals surface area contributed by atoms with Gasteiger partial charge in [0.15, 0.2) is 16.7 Å². The van der Waals surface area contributed by atoms with Crippen molar-refractivity contribution >= 4 is 23.6 Å². The number of amides is 2. The van der Waals surface area contributed by atoms with Gasteiger partial charge in [0.1, 0.15) is 13.2 Å². The van der Waals surface area contributed by atoms with E-state index in [1.807, 2.05) is 29.3 Å². The molecule has 0 unspecified atom stereocenters. The lowest BCUT2D eigenvalue weighted by Gasteiger charge is -2.30. The minimum Gasteiger partial charge on any atom is -0.486 e. The summed E-state index contributed by atoms with van der Waals surface area (Å²) >= 11 is 1.44. The molecule has 0 saturated carbocycles. The quantitative estimate of drug-likeness (QED) is 0.705. The Morgan fingerprint density at radius 2 is 1.93 bits per heavy atom. The van der Waals surface area contributed by atoms with Crippen LogP contribution in [-0.2, 0) is 16.1 Å². The molecule has 1 fully saturated rings. The fourth-order valence-corrected chi connectivity index (χ4v) is 4.79. The fraction of sp³-hybridized carbons (Fsp3) is 0.476. The van der Waals surface area contributed by atoms with Crippen molar-refractivity contribution in [3.63, 3.8) is 0 Å². The molecule has 1 aromatic carbocycles. The Bertz CT molecular complexity index is 937. The van der Waals surface area contributed by atoms with E-state index in [0.29, 0.717) is 44.9 Å². The summed E-state index contributed by atoms with van der Waals surface area (Å²) in [5.74, 6) is 1.50. The Labute approximate surface area is 179 Å². The number of carbonyl (C=O) groups excluding carboxylic acids is 2. The van der Waals surface area contributed by atoms with E-state index in [1.54, 1.807) is 0 Å². The minimum absolute atomic E-state index is 0.0643. The first kappa shape index (κ1) is 20.6. The third-order valence-electron chi connectivity index (χ3n) is 5.55. The maximum atomic E-state index is 12.6. The molecule has 0 atom stereocenters. The third kappa shape index (κ3) is 4.26. The van der Waals surface area contributed by atoms with Crippen LogP contribution >= 0.6 is 11.8 Å². The number of benzene rings is 1. The number of primary amides is 1. The van der Waals surface area contributed by atoms with E-state index in [4.69, 9.17) is 15.2 Å². The number of hydrogen-bond donors (Lipinski definition) is 1. The van der Waals surface area contributed by atoms with E-state index in [2.05, 4.69) is 16.5 Å². The second-order valence-corrected chi connectivity index (χ2v) is 8.32. The highest BCUT2D eigenvalue weighted by Crippen LogP contribution is 2.35. The van der Waals surface area contributed by atoms with Crippen LogP contribution in [0, 0.1) is 5.92 Å². The van der Waals surface area contributed by atoms with E-state index in [-0.39, 0.29) is 17.7 Å². The van der Waals surface area contributed by atoms with Gasteiger partial charge in [-0.15, -0.1) is 0 Å². The number of fused-ring (bicyclic) bond motifs is 1. The van der Waals surface area contributed by atoms with Crippen molar-refractivity contribution in [2.75, 3.05) is 32.1 Å². The summed E-state index contributed by atoms with van der Waals surface area (Å²) in [6.07, 6.45) is 3.12. The normalized spacial score (nSPS) is 16.5. The van der Waals surface area contributed by atoms with Gasteiger partial charge in [-0.25, -0.2) is 4.98 Å². The topological polar surface area (TPSA) is 99.7 Å². The Kier molecular flexibility index (Phi) is 6.17. The van der Waals surface area contributed by atoms with Crippen molar-refractivity contribution in [3.05, 3.63) is 24.4 Å². The van der Waals surface area contributed by atoms with Crippen LogP contribution in [0.5, 0.6) is 11.5 Å². The van der Waals surface area contributed by atoms with Crippen LogP contribution in [0.1, 0.15) is 19.8 Å². The first-order chi connectivity index (χ1) is 14.6. The van der Waals surface area contributed by atoms with Gasteiger partial charge < -0.3 is 24.7 Å². The smallest absolute Gasteiger partial charge is 0.233 e. The Balaban J connectivity index is 1.42. The molecule has 3 heterocycles. The van der Waals surface area contributed by atoms with Crippen LogP contribution in [0.4, 0.5) is 0 Å². The number of carbonyl (C=O) groups is 2. The Morgan fingerprint density at radius 1 is 1.20 bits per heavy atom. The van der Waals surface area contributed by atoms with Crippen molar-refractivity contribution < 1.29 is 19.1 Å². The monoisotopic (exact) mass is 430 g/mol. The minimum atomic E-state index is -0.270. The molecule has 160 valence electrons. The SMILES string of the molecule is CCn1c(-c2ccc3c(c2)OCCO3)cnc1SCC(=O)N1CCC(C(N)=O)CC1. The van der Waals surface area contributed by atoms with E-state index in [9.17, 15) is 9.59 Å². The lowest BCUT2D eigenvalue weighted by Crippen LogP contribution is -2.42. The maximum absolute atomic E-state index is 12.6.